The van der Waals surface area contributed by atoms with E-state index in [1.807, 2.05) is 17.2 Å². The Morgan fingerprint density at radius 3 is 2.60 bits per heavy atom. The van der Waals surface area contributed by atoms with E-state index in [4.69, 9.17) is 4.74 Å². The highest BCUT2D eigenvalue weighted by Crippen LogP contribution is 2.13. The Morgan fingerprint density at radius 2 is 2.00 bits per heavy atom. The summed E-state index contributed by atoms with van der Waals surface area (Å²) in [6.07, 6.45) is 4.51. The number of amides is 1. The largest absolute Gasteiger partial charge is 0.478 e. The smallest absolute Gasteiger partial charge is 0.272 e. The van der Waals surface area contributed by atoms with Crippen molar-refractivity contribution in [2.45, 2.75) is 19.9 Å². The first-order chi connectivity index (χ1) is 12.2. The minimum Gasteiger partial charge on any atom is -0.478 e. The maximum atomic E-state index is 12.5. The average molecular weight is 343 g/mol. The quantitative estimate of drug-likeness (QED) is 0.796. The summed E-state index contributed by atoms with van der Waals surface area (Å²) in [4.78, 5) is 21.1. The van der Waals surface area contributed by atoms with Crippen LogP contribution in [-0.2, 0) is 13.6 Å². The van der Waals surface area contributed by atoms with Crippen LogP contribution in [0, 0.1) is 0 Å². The molecule has 0 unspecified atom stereocenters. The topological polar surface area (TPSA) is 63.5 Å². The van der Waals surface area contributed by atoms with Crippen LogP contribution in [0.4, 0.5) is 0 Å². The van der Waals surface area contributed by atoms with Crippen LogP contribution in [0.5, 0.6) is 5.88 Å². The van der Waals surface area contributed by atoms with Crippen LogP contribution in [0.15, 0.2) is 30.6 Å². The van der Waals surface area contributed by atoms with Crippen LogP contribution in [0.1, 0.15) is 29.4 Å². The van der Waals surface area contributed by atoms with E-state index in [1.54, 1.807) is 24.0 Å². The minimum absolute atomic E-state index is 0.0544. The van der Waals surface area contributed by atoms with E-state index in [-0.39, 0.29) is 5.91 Å². The molecule has 0 radical (unpaired) electrons. The van der Waals surface area contributed by atoms with E-state index in [1.165, 1.54) is 0 Å². The first-order valence-corrected chi connectivity index (χ1v) is 8.74. The van der Waals surface area contributed by atoms with Gasteiger partial charge in [0.05, 0.1) is 6.61 Å². The van der Waals surface area contributed by atoms with Gasteiger partial charge in [-0.05, 0) is 18.1 Å². The number of carbonyl (C=O) groups is 1. The number of ether oxygens (including phenoxy) is 1. The molecule has 0 spiro atoms. The molecule has 0 aliphatic carbocycles. The Morgan fingerprint density at radius 1 is 1.20 bits per heavy atom. The highest BCUT2D eigenvalue weighted by atomic mass is 16.5. The SMILES string of the molecule is CCCOc1ccc(CN2CCN(C(=O)c3ccnn3C)CC2)cn1. The van der Waals surface area contributed by atoms with Crippen molar-refractivity contribution in [3.05, 3.63) is 41.9 Å². The van der Waals surface area contributed by atoms with Gasteiger partial charge < -0.3 is 9.64 Å². The summed E-state index contributed by atoms with van der Waals surface area (Å²) in [5.41, 5.74) is 1.80. The maximum Gasteiger partial charge on any atom is 0.272 e. The molecule has 0 bridgehead atoms. The molecule has 0 aromatic carbocycles. The van der Waals surface area contributed by atoms with E-state index >= 15 is 0 Å². The van der Waals surface area contributed by atoms with Gasteiger partial charge in [0.2, 0.25) is 5.88 Å². The second kappa shape index (κ2) is 8.11. The Kier molecular flexibility index (Phi) is 5.65. The average Bonchev–Trinajstić information content (AvgIpc) is 3.07. The summed E-state index contributed by atoms with van der Waals surface area (Å²) in [5, 5.41) is 4.07. The molecule has 2 aromatic heterocycles. The molecule has 1 aliphatic heterocycles. The Bertz CT molecular complexity index is 690. The van der Waals surface area contributed by atoms with E-state index in [2.05, 4.69) is 28.0 Å². The molecule has 1 fully saturated rings. The van der Waals surface area contributed by atoms with Crippen molar-refractivity contribution >= 4 is 5.91 Å². The van der Waals surface area contributed by atoms with Crippen molar-refractivity contribution < 1.29 is 9.53 Å². The third-order valence-electron chi connectivity index (χ3n) is 4.36. The van der Waals surface area contributed by atoms with Gasteiger partial charge >= 0.3 is 0 Å². The zero-order valence-corrected chi connectivity index (χ0v) is 14.9. The minimum atomic E-state index is 0.0544. The normalized spacial score (nSPS) is 15.4. The fourth-order valence-electron chi connectivity index (χ4n) is 2.91. The second-order valence-corrected chi connectivity index (χ2v) is 6.26. The van der Waals surface area contributed by atoms with Gasteiger partial charge in [-0.15, -0.1) is 0 Å². The molecule has 25 heavy (non-hydrogen) atoms. The molecule has 1 aliphatic rings. The maximum absolute atomic E-state index is 12.5. The molecule has 0 N–H and O–H groups in total. The number of nitrogens with zero attached hydrogens (tertiary/aromatic N) is 5. The van der Waals surface area contributed by atoms with Crippen molar-refractivity contribution in [3.63, 3.8) is 0 Å². The molecule has 3 heterocycles. The number of hydrogen-bond donors (Lipinski definition) is 0. The zero-order chi connectivity index (χ0) is 17.6. The molecule has 1 saturated heterocycles. The predicted molar refractivity (Wildman–Crippen MR) is 94.4 cm³/mol. The van der Waals surface area contributed by atoms with Gasteiger partial charge in [0.1, 0.15) is 5.69 Å². The van der Waals surface area contributed by atoms with Gasteiger partial charge in [-0.25, -0.2) is 4.98 Å². The first kappa shape index (κ1) is 17.4. The lowest BCUT2D eigenvalue weighted by Gasteiger charge is -2.34. The number of aryl methyl sites for hydroxylation is 1. The lowest BCUT2D eigenvalue weighted by molar-refractivity contribution is 0.0617. The van der Waals surface area contributed by atoms with Crippen LogP contribution >= 0.6 is 0 Å². The number of rotatable bonds is 6. The van der Waals surface area contributed by atoms with E-state index in [9.17, 15) is 4.79 Å². The van der Waals surface area contributed by atoms with Crippen molar-refractivity contribution in [1.29, 1.82) is 0 Å². The van der Waals surface area contributed by atoms with Crippen LogP contribution in [-0.4, -0.2) is 63.3 Å². The number of piperazine rings is 1. The van der Waals surface area contributed by atoms with Gasteiger partial charge in [0, 0.05) is 58.2 Å². The fraction of sp³-hybridized carbons (Fsp3) is 0.500. The van der Waals surface area contributed by atoms with E-state index in [0.29, 0.717) is 18.2 Å². The van der Waals surface area contributed by atoms with Crippen molar-refractivity contribution in [2.75, 3.05) is 32.8 Å². The van der Waals surface area contributed by atoms with Gasteiger partial charge in [-0.2, -0.15) is 5.10 Å². The number of carbonyl (C=O) groups excluding carboxylic acids is 1. The Labute approximate surface area is 148 Å². The van der Waals surface area contributed by atoms with Crippen molar-refractivity contribution in [3.8, 4) is 5.88 Å². The summed E-state index contributed by atoms with van der Waals surface area (Å²) in [6, 6.07) is 5.75. The lowest BCUT2D eigenvalue weighted by Crippen LogP contribution is -2.48. The third-order valence-corrected chi connectivity index (χ3v) is 4.36. The molecule has 3 rings (SSSR count). The first-order valence-electron chi connectivity index (χ1n) is 8.74. The van der Waals surface area contributed by atoms with E-state index in [0.717, 1.165) is 44.7 Å². The standard InChI is InChI=1S/C18H25N5O2/c1-3-12-25-17-5-4-15(13-19-17)14-22-8-10-23(11-9-22)18(24)16-6-7-20-21(16)2/h4-7,13H,3,8-12,14H2,1-2H3. The van der Waals surface area contributed by atoms with Crippen molar-refractivity contribution in [1.82, 2.24) is 24.6 Å². The second-order valence-electron chi connectivity index (χ2n) is 6.26. The zero-order valence-electron chi connectivity index (χ0n) is 14.9. The lowest BCUT2D eigenvalue weighted by atomic mass is 10.2. The Hall–Kier alpha value is -2.41. The molecular formula is C18H25N5O2. The molecular weight excluding hydrogens is 318 g/mol. The molecule has 2 aromatic rings. The molecule has 0 saturated carbocycles. The number of hydrogen-bond acceptors (Lipinski definition) is 5. The molecule has 7 nitrogen and oxygen atoms in total. The van der Waals surface area contributed by atoms with Crippen LogP contribution < -0.4 is 4.74 Å². The van der Waals surface area contributed by atoms with Gasteiger partial charge in [0.25, 0.3) is 5.91 Å². The fourth-order valence-corrected chi connectivity index (χ4v) is 2.91. The summed E-state index contributed by atoms with van der Waals surface area (Å²) >= 11 is 0. The summed E-state index contributed by atoms with van der Waals surface area (Å²) in [5.74, 6) is 0.732. The number of aromatic nitrogens is 3. The molecule has 1 amide bonds. The predicted octanol–water partition coefficient (Wildman–Crippen LogP) is 1.56. The number of pyridine rings is 1. The van der Waals surface area contributed by atoms with Crippen molar-refractivity contribution in [2.24, 2.45) is 7.05 Å². The highest BCUT2D eigenvalue weighted by Gasteiger charge is 2.23. The molecule has 0 atom stereocenters. The van der Waals surface area contributed by atoms with Gasteiger partial charge in [-0.3, -0.25) is 14.4 Å². The molecule has 134 valence electrons. The van der Waals surface area contributed by atoms with Crippen LogP contribution in [0.3, 0.4) is 0 Å². The third kappa shape index (κ3) is 4.36. The van der Waals surface area contributed by atoms with Gasteiger partial charge in [0.15, 0.2) is 0 Å². The molecule has 7 heteroatoms. The van der Waals surface area contributed by atoms with E-state index < -0.39 is 0 Å². The highest BCUT2D eigenvalue weighted by molar-refractivity contribution is 5.92. The summed E-state index contributed by atoms with van der Waals surface area (Å²) in [7, 11) is 1.80. The monoisotopic (exact) mass is 343 g/mol. The van der Waals surface area contributed by atoms with Crippen LogP contribution in [0.2, 0.25) is 0 Å². The summed E-state index contributed by atoms with van der Waals surface area (Å²) in [6.45, 7) is 6.79. The van der Waals surface area contributed by atoms with Crippen LogP contribution in [0.25, 0.3) is 0 Å². The Balaban J connectivity index is 1.49. The van der Waals surface area contributed by atoms with Gasteiger partial charge in [-0.1, -0.05) is 13.0 Å². The summed E-state index contributed by atoms with van der Waals surface area (Å²) < 4.78 is 7.14.